The van der Waals surface area contributed by atoms with Crippen LogP contribution in [0.15, 0.2) is 24.3 Å². The van der Waals surface area contributed by atoms with E-state index in [-0.39, 0.29) is 0 Å². The van der Waals surface area contributed by atoms with Gasteiger partial charge in [0.15, 0.2) is 0 Å². The Labute approximate surface area is 112 Å². The molecule has 1 aliphatic heterocycles. The van der Waals surface area contributed by atoms with Crippen LogP contribution in [0.3, 0.4) is 0 Å². The van der Waals surface area contributed by atoms with Crippen LogP contribution in [0, 0.1) is 6.92 Å². The van der Waals surface area contributed by atoms with Crippen molar-refractivity contribution in [3.05, 3.63) is 41.3 Å². The van der Waals surface area contributed by atoms with E-state index < -0.39 is 0 Å². The van der Waals surface area contributed by atoms with Crippen LogP contribution < -0.4 is 10.1 Å². The number of benzene rings is 1. The zero-order chi connectivity index (χ0) is 13.2. The van der Waals surface area contributed by atoms with Gasteiger partial charge in [0.05, 0.1) is 18.5 Å². The van der Waals surface area contributed by atoms with Crippen molar-refractivity contribution in [1.29, 1.82) is 0 Å². The second-order valence-electron chi connectivity index (χ2n) is 4.70. The fourth-order valence-corrected chi connectivity index (χ4v) is 2.45. The summed E-state index contributed by atoms with van der Waals surface area (Å²) < 4.78 is 5.20. The van der Waals surface area contributed by atoms with Gasteiger partial charge in [0, 0.05) is 30.6 Å². The Bertz CT molecular complexity index is 593. The molecule has 0 radical (unpaired) electrons. The van der Waals surface area contributed by atoms with Gasteiger partial charge in [0.1, 0.15) is 11.6 Å². The Morgan fingerprint density at radius 3 is 2.68 bits per heavy atom. The normalized spacial score (nSPS) is 14.0. The minimum atomic E-state index is 0.839. The number of aryl methyl sites for hydroxylation is 1. The van der Waals surface area contributed by atoms with Gasteiger partial charge >= 0.3 is 0 Å². The molecule has 0 aliphatic carbocycles. The van der Waals surface area contributed by atoms with Gasteiger partial charge in [-0.15, -0.1) is 0 Å². The lowest BCUT2D eigenvalue weighted by molar-refractivity contribution is 0.415. The number of aromatic nitrogens is 2. The molecule has 2 aromatic rings. The first-order valence-electron chi connectivity index (χ1n) is 6.49. The third-order valence-electron chi connectivity index (χ3n) is 3.41. The van der Waals surface area contributed by atoms with Gasteiger partial charge in [-0.05, 0) is 31.2 Å². The summed E-state index contributed by atoms with van der Waals surface area (Å²) in [6, 6.07) is 8.04. The van der Waals surface area contributed by atoms with Crippen LogP contribution in [0.25, 0.3) is 11.3 Å². The van der Waals surface area contributed by atoms with E-state index in [1.54, 1.807) is 7.11 Å². The van der Waals surface area contributed by atoms with Crippen LogP contribution in [0.2, 0.25) is 0 Å². The Kier molecular flexibility index (Phi) is 3.17. The van der Waals surface area contributed by atoms with Crippen molar-refractivity contribution in [2.75, 3.05) is 13.7 Å². The third kappa shape index (κ3) is 2.31. The molecule has 0 bridgehead atoms. The van der Waals surface area contributed by atoms with E-state index >= 15 is 0 Å². The maximum atomic E-state index is 5.20. The molecule has 0 amide bonds. The first-order valence-corrected chi connectivity index (χ1v) is 6.49. The molecule has 0 atom stereocenters. The lowest BCUT2D eigenvalue weighted by Crippen LogP contribution is -2.26. The van der Waals surface area contributed by atoms with E-state index in [0.29, 0.717) is 0 Å². The number of nitrogens with zero attached hydrogens (tertiary/aromatic N) is 2. The number of hydrogen-bond donors (Lipinski definition) is 1. The summed E-state index contributed by atoms with van der Waals surface area (Å²) in [4.78, 5) is 9.18. The summed E-state index contributed by atoms with van der Waals surface area (Å²) in [6.45, 7) is 3.79. The minimum absolute atomic E-state index is 0.839. The molecule has 2 heterocycles. The van der Waals surface area contributed by atoms with E-state index in [1.165, 1.54) is 11.3 Å². The second kappa shape index (κ2) is 4.97. The summed E-state index contributed by atoms with van der Waals surface area (Å²) >= 11 is 0. The van der Waals surface area contributed by atoms with Gasteiger partial charge in [-0.25, -0.2) is 9.97 Å². The molecule has 0 saturated heterocycles. The summed E-state index contributed by atoms with van der Waals surface area (Å²) in [5.41, 5.74) is 4.56. The predicted molar refractivity (Wildman–Crippen MR) is 74.2 cm³/mol. The topological polar surface area (TPSA) is 47.0 Å². The van der Waals surface area contributed by atoms with Crippen LogP contribution in [0.4, 0.5) is 0 Å². The van der Waals surface area contributed by atoms with Gasteiger partial charge in [-0.1, -0.05) is 0 Å². The van der Waals surface area contributed by atoms with Crippen molar-refractivity contribution in [2.24, 2.45) is 0 Å². The predicted octanol–water partition coefficient (Wildman–Crippen LogP) is 2.11. The zero-order valence-corrected chi connectivity index (χ0v) is 11.2. The average molecular weight is 255 g/mol. The van der Waals surface area contributed by atoms with Gasteiger partial charge in [-0.2, -0.15) is 0 Å². The molecule has 0 unspecified atom stereocenters. The molecule has 3 rings (SSSR count). The molecule has 1 N–H and O–H groups in total. The van der Waals surface area contributed by atoms with Crippen LogP contribution in [0.1, 0.15) is 17.1 Å². The Morgan fingerprint density at radius 2 is 1.95 bits per heavy atom. The fourth-order valence-electron chi connectivity index (χ4n) is 2.45. The van der Waals surface area contributed by atoms with Crippen LogP contribution in [0.5, 0.6) is 5.75 Å². The highest BCUT2D eigenvalue weighted by molar-refractivity contribution is 5.65. The van der Waals surface area contributed by atoms with E-state index in [2.05, 4.69) is 27.4 Å². The van der Waals surface area contributed by atoms with E-state index in [9.17, 15) is 0 Å². The van der Waals surface area contributed by atoms with Gasteiger partial charge in [0.2, 0.25) is 0 Å². The first-order chi connectivity index (χ1) is 9.28. The molecule has 98 valence electrons. The number of fused-ring (bicyclic) bond motifs is 1. The molecule has 19 heavy (non-hydrogen) atoms. The lowest BCUT2D eigenvalue weighted by Gasteiger charge is -2.19. The number of ether oxygens (including phenoxy) is 1. The number of methoxy groups -OCH3 is 1. The highest BCUT2D eigenvalue weighted by Crippen LogP contribution is 2.27. The molecule has 0 fully saturated rings. The second-order valence-corrected chi connectivity index (χ2v) is 4.70. The smallest absolute Gasteiger partial charge is 0.126 e. The quantitative estimate of drug-likeness (QED) is 0.892. The molecule has 0 saturated carbocycles. The molecule has 0 spiro atoms. The highest BCUT2D eigenvalue weighted by Gasteiger charge is 2.17. The van der Waals surface area contributed by atoms with Crippen LogP contribution in [-0.4, -0.2) is 23.6 Å². The summed E-state index contributed by atoms with van der Waals surface area (Å²) in [5.74, 6) is 1.70. The molecule has 1 aliphatic rings. The maximum absolute atomic E-state index is 5.20. The molecular weight excluding hydrogens is 238 g/mol. The van der Waals surface area contributed by atoms with Gasteiger partial charge in [-0.3, -0.25) is 0 Å². The van der Waals surface area contributed by atoms with Crippen molar-refractivity contribution < 1.29 is 4.74 Å². The zero-order valence-electron chi connectivity index (χ0n) is 11.2. The lowest BCUT2D eigenvalue weighted by atomic mass is 10.0. The third-order valence-corrected chi connectivity index (χ3v) is 3.41. The van der Waals surface area contributed by atoms with Crippen molar-refractivity contribution >= 4 is 0 Å². The van der Waals surface area contributed by atoms with E-state index in [1.807, 2.05) is 19.1 Å². The van der Waals surface area contributed by atoms with Gasteiger partial charge < -0.3 is 10.1 Å². The van der Waals surface area contributed by atoms with Crippen molar-refractivity contribution in [3.8, 4) is 17.0 Å². The van der Waals surface area contributed by atoms with Gasteiger partial charge in [0.25, 0.3) is 0 Å². The Morgan fingerprint density at radius 1 is 1.16 bits per heavy atom. The number of hydrogen-bond acceptors (Lipinski definition) is 4. The molecule has 1 aromatic heterocycles. The SMILES string of the molecule is COc1ccc(-c2nc(C)nc3c2CNCC3)cc1. The van der Waals surface area contributed by atoms with Crippen LogP contribution >= 0.6 is 0 Å². The van der Waals surface area contributed by atoms with E-state index in [4.69, 9.17) is 4.74 Å². The minimum Gasteiger partial charge on any atom is -0.497 e. The Balaban J connectivity index is 2.10. The summed E-state index contributed by atoms with van der Waals surface area (Å²) in [6.07, 6.45) is 0.974. The van der Waals surface area contributed by atoms with Crippen molar-refractivity contribution in [2.45, 2.75) is 19.9 Å². The average Bonchev–Trinajstić information content (AvgIpc) is 2.46. The Hall–Kier alpha value is -1.94. The van der Waals surface area contributed by atoms with Crippen molar-refractivity contribution in [1.82, 2.24) is 15.3 Å². The largest absolute Gasteiger partial charge is 0.497 e. The first kappa shape index (κ1) is 12.1. The maximum Gasteiger partial charge on any atom is 0.126 e. The van der Waals surface area contributed by atoms with E-state index in [0.717, 1.165) is 42.3 Å². The molecule has 1 aromatic carbocycles. The molecule has 4 nitrogen and oxygen atoms in total. The molecule has 4 heteroatoms. The number of nitrogens with one attached hydrogen (secondary N) is 1. The summed E-state index contributed by atoms with van der Waals surface area (Å²) in [5, 5.41) is 3.39. The highest BCUT2D eigenvalue weighted by atomic mass is 16.5. The van der Waals surface area contributed by atoms with Crippen LogP contribution in [-0.2, 0) is 13.0 Å². The molecular formula is C15H17N3O. The fraction of sp³-hybridized carbons (Fsp3) is 0.333. The van der Waals surface area contributed by atoms with Crippen molar-refractivity contribution in [3.63, 3.8) is 0 Å². The summed E-state index contributed by atoms with van der Waals surface area (Å²) in [7, 11) is 1.68. The monoisotopic (exact) mass is 255 g/mol. The number of rotatable bonds is 2. The standard InChI is InChI=1S/C15H17N3O/c1-10-17-14-7-8-16-9-13(14)15(18-10)11-3-5-12(19-2)6-4-11/h3-6,16H,7-9H2,1-2H3.